The molecule has 0 saturated heterocycles. The van der Waals surface area contributed by atoms with Gasteiger partial charge in [0.2, 0.25) is 11.8 Å². The van der Waals surface area contributed by atoms with Crippen LogP contribution in [0.15, 0.2) is 18.2 Å². The van der Waals surface area contributed by atoms with Crippen molar-refractivity contribution in [3.63, 3.8) is 0 Å². The Kier molecular flexibility index (Phi) is 5.84. The molecule has 0 unspecified atom stereocenters. The number of fused-ring (bicyclic) bond motifs is 1. The predicted molar refractivity (Wildman–Crippen MR) is 86.6 cm³/mol. The van der Waals surface area contributed by atoms with Gasteiger partial charge in [-0.3, -0.25) is 9.59 Å². The van der Waals surface area contributed by atoms with Gasteiger partial charge in [0.05, 0.1) is 0 Å². The Morgan fingerprint density at radius 3 is 2.52 bits per heavy atom. The largest absolute Gasteiger partial charge is 0.486 e. The molecule has 1 heterocycles. The molecule has 1 aromatic rings. The first-order chi connectivity index (χ1) is 11.0. The molecule has 2 rings (SSSR count). The van der Waals surface area contributed by atoms with Crippen LogP contribution in [0.25, 0.3) is 0 Å². The molecule has 0 radical (unpaired) electrons. The van der Waals surface area contributed by atoms with Crippen LogP contribution in [0.4, 0.5) is 0 Å². The summed E-state index contributed by atoms with van der Waals surface area (Å²) >= 11 is 0. The maximum Gasteiger partial charge on any atom is 0.242 e. The van der Waals surface area contributed by atoms with Gasteiger partial charge >= 0.3 is 0 Å². The maximum absolute atomic E-state index is 12.2. The maximum atomic E-state index is 12.2. The lowest BCUT2D eigenvalue weighted by molar-refractivity contribution is -0.129. The van der Waals surface area contributed by atoms with Gasteiger partial charge in [0.1, 0.15) is 19.3 Å². The Labute approximate surface area is 136 Å². The molecule has 126 valence electrons. The Bertz CT molecular complexity index is 572. The molecule has 2 amide bonds. The molecule has 1 aliphatic heterocycles. The molecule has 1 atom stereocenters. The third kappa shape index (κ3) is 4.87. The fraction of sp³-hybridized carbons (Fsp3) is 0.529. The molecule has 0 saturated carbocycles. The minimum Gasteiger partial charge on any atom is -0.486 e. The van der Waals surface area contributed by atoms with Gasteiger partial charge in [-0.1, -0.05) is 19.9 Å². The Morgan fingerprint density at radius 1 is 1.17 bits per heavy atom. The van der Waals surface area contributed by atoms with Crippen LogP contribution in [0, 0.1) is 5.92 Å². The lowest BCUT2D eigenvalue weighted by atomic mass is 10.0. The van der Waals surface area contributed by atoms with Crippen molar-refractivity contribution in [2.24, 2.45) is 5.92 Å². The number of carbonyl (C=O) groups excluding carboxylic acids is 2. The second-order valence-corrected chi connectivity index (χ2v) is 5.94. The van der Waals surface area contributed by atoms with E-state index >= 15 is 0 Å². The summed E-state index contributed by atoms with van der Waals surface area (Å²) in [5.41, 5.74) is 1.06. The smallest absolute Gasteiger partial charge is 0.242 e. The second-order valence-electron chi connectivity index (χ2n) is 5.94. The average molecular weight is 320 g/mol. The Balaban J connectivity index is 1.86. The van der Waals surface area contributed by atoms with Crippen molar-refractivity contribution in [2.75, 3.05) is 19.8 Å². The fourth-order valence-corrected chi connectivity index (χ4v) is 2.44. The lowest BCUT2D eigenvalue weighted by Crippen LogP contribution is -2.49. The minimum atomic E-state index is -0.507. The van der Waals surface area contributed by atoms with Crippen LogP contribution in [0.5, 0.6) is 11.5 Å². The fourth-order valence-electron chi connectivity index (χ4n) is 2.44. The van der Waals surface area contributed by atoms with Crippen LogP contribution < -0.4 is 20.1 Å². The average Bonchev–Trinajstić information content (AvgIpc) is 2.52. The first-order valence-corrected chi connectivity index (χ1v) is 7.90. The third-order valence-corrected chi connectivity index (χ3v) is 3.63. The highest BCUT2D eigenvalue weighted by atomic mass is 16.6. The van der Waals surface area contributed by atoms with Crippen molar-refractivity contribution in [1.29, 1.82) is 0 Å². The molecule has 23 heavy (non-hydrogen) atoms. The first kappa shape index (κ1) is 17.1. The predicted octanol–water partition coefficient (Wildman–Crippen LogP) is 1.28. The highest BCUT2D eigenvalue weighted by molar-refractivity contribution is 5.87. The van der Waals surface area contributed by atoms with E-state index in [0.29, 0.717) is 26.2 Å². The molecule has 0 aromatic heterocycles. The minimum absolute atomic E-state index is 0.0354. The van der Waals surface area contributed by atoms with E-state index < -0.39 is 6.04 Å². The second kappa shape index (κ2) is 7.85. The van der Waals surface area contributed by atoms with Gasteiger partial charge in [-0.05, 0) is 30.0 Å². The first-order valence-electron chi connectivity index (χ1n) is 7.90. The zero-order valence-corrected chi connectivity index (χ0v) is 13.8. The van der Waals surface area contributed by atoms with E-state index in [9.17, 15) is 9.59 Å². The van der Waals surface area contributed by atoms with Gasteiger partial charge in [0.25, 0.3) is 0 Å². The van der Waals surface area contributed by atoms with E-state index in [-0.39, 0.29) is 17.7 Å². The van der Waals surface area contributed by atoms with Crippen LogP contribution in [-0.2, 0) is 16.0 Å². The molecular formula is C17H24N2O4. The summed E-state index contributed by atoms with van der Waals surface area (Å²) in [6, 6.07) is 5.29. The van der Waals surface area contributed by atoms with Gasteiger partial charge in [-0.2, -0.15) is 0 Å². The molecule has 6 nitrogen and oxygen atoms in total. The topological polar surface area (TPSA) is 76.7 Å². The molecule has 0 fully saturated rings. The summed E-state index contributed by atoms with van der Waals surface area (Å²) in [6.07, 6.45) is 0.688. The monoisotopic (exact) mass is 320 g/mol. The number of hydrogen-bond donors (Lipinski definition) is 2. The quantitative estimate of drug-likeness (QED) is 0.828. The Morgan fingerprint density at radius 2 is 1.87 bits per heavy atom. The van der Waals surface area contributed by atoms with Gasteiger partial charge in [-0.15, -0.1) is 0 Å². The molecular weight excluding hydrogens is 296 g/mol. The van der Waals surface area contributed by atoms with Crippen LogP contribution in [0.3, 0.4) is 0 Å². The van der Waals surface area contributed by atoms with Gasteiger partial charge < -0.3 is 20.1 Å². The number of hydrogen-bond acceptors (Lipinski definition) is 4. The van der Waals surface area contributed by atoms with Crippen molar-refractivity contribution >= 4 is 11.8 Å². The van der Waals surface area contributed by atoms with Crippen molar-refractivity contribution in [1.82, 2.24) is 10.6 Å². The molecule has 2 N–H and O–H groups in total. The van der Waals surface area contributed by atoms with Crippen molar-refractivity contribution in [2.45, 2.75) is 33.2 Å². The van der Waals surface area contributed by atoms with Gasteiger partial charge in [-0.25, -0.2) is 0 Å². The standard InChI is InChI=1S/C17H24N2O4/c1-11(2)16(19-12(3)20)17(21)18-7-6-13-4-5-14-15(10-13)23-9-8-22-14/h4-5,10-11,16H,6-9H2,1-3H3,(H,18,21)(H,19,20)/t16-/m1/s1. The molecule has 1 aliphatic rings. The zero-order chi connectivity index (χ0) is 16.8. The SMILES string of the molecule is CC(=O)N[C@@H](C(=O)NCCc1ccc2c(c1)OCCO2)C(C)C. The number of nitrogens with one attached hydrogen (secondary N) is 2. The summed E-state index contributed by atoms with van der Waals surface area (Å²) in [4.78, 5) is 23.4. The number of ether oxygens (including phenoxy) is 2. The number of benzene rings is 1. The number of rotatable bonds is 6. The van der Waals surface area contributed by atoms with Crippen LogP contribution in [-0.4, -0.2) is 37.6 Å². The third-order valence-electron chi connectivity index (χ3n) is 3.63. The highest BCUT2D eigenvalue weighted by Gasteiger charge is 2.22. The van der Waals surface area contributed by atoms with Crippen molar-refractivity contribution < 1.29 is 19.1 Å². The van der Waals surface area contributed by atoms with E-state index in [4.69, 9.17) is 9.47 Å². The van der Waals surface area contributed by atoms with Crippen molar-refractivity contribution in [3.05, 3.63) is 23.8 Å². The van der Waals surface area contributed by atoms with E-state index in [1.54, 1.807) is 0 Å². The van der Waals surface area contributed by atoms with Crippen LogP contribution >= 0.6 is 0 Å². The Hall–Kier alpha value is -2.24. The lowest BCUT2D eigenvalue weighted by Gasteiger charge is -2.21. The summed E-state index contributed by atoms with van der Waals surface area (Å²) in [5, 5.41) is 5.55. The summed E-state index contributed by atoms with van der Waals surface area (Å²) in [5.74, 6) is 1.18. The van der Waals surface area contributed by atoms with E-state index in [1.165, 1.54) is 6.92 Å². The number of amides is 2. The molecule has 1 aromatic carbocycles. The normalized spacial score (nSPS) is 14.3. The van der Waals surface area contributed by atoms with Gasteiger partial charge in [0, 0.05) is 13.5 Å². The van der Waals surface area contributed by atoms with E-state index in [2.05, 4.69) is 10.6 Å². The summed E-state index contributed by atoms with van der Waals surface area (Å²) < 4.78 is 11.0. The molecule has 0 bridgehead atoms. The van der Waals surface area contributed by atoms with E-state index in [1.807, 2.05) is 32.0 Å². The summed E-state index contributed by atoms with van der Waals surface area (Å²) in [7, 11) is 0. The highest BCUT2D eigenvalue weighted by Crippen LogP contribution is 2.30. The summed E-state index contributed by atoms with van der Waals surface area (Å²) in [6.45, 7) is 6.85. The van der Waals surface area contributed by atoms with Crippen LogP contribution in [0.1, 0.15) is 26.3 Å². The van der Waals surface area contributed by atoms with Crippen molar-refractivity contribution in [3.8, 4) is 11.5 Å². The van der Waals surface area contributed by atoms with Gasteiger partial charge in [0.15, 0.2) is 11.5 Å². The molecule has 6 heteroatoms. The molecule has 0 aliphatic carbocycles. The van der Waals surface area contributed by atoms with Crippen LogP contribution in [0.2, 0.25) is 0 Å². The number of carbonyl (C=O) groups is 2. The van der Waals surface area contributed by atoms with E-state index in [0.717, 1.165) is 17.1 Å². The molecule has 0 spiro atoms. The zero-order valence-electron chi connectivity index (χ0n) is 13.8.